The normalized spacial score (nSPS) is 17.6. The van der Waals surface area contributed by atoms with Crippen LogP contribution in [0.2, 0.25) is 0 Å². The molecule has 5 heteroatoms. The van der Waals surface area contributed by atoms with Crippen molar-refractivity contribution in [2.75, 3.05) is 26.3 Å². The van der Waals surface area contributed by atoms with Crippen molar-refractivity contribution in [2.24, 2.45) is 0 Å². The quantitative estimate of drug-likeness (QED) is 0.908. The van der Waals surface area contributed by atoms with Crippen molar-refractivity contribution in [3.63, 3.8) is 0 Å². The number of pyridine rings is 1. The molecule has 0 saturated carbocycles. The number of ether oxygens (including phenoxy) is 1. The maximum Gasteiger partial charge on any atom is 0.137 e. The van der Waals surface area contributed by atoms with Crippen LogP contribution >= 0.6 is 0 Å². The second-order valence-corrected chi connectivity index (χ2v) is 5.77. The molecule has 0 amide bonds. The fourth-order valence-electron chi connectivity index (χ4n) is 2.91. The molecule has 3 heterocycles. The monoisotopic (exact) mass is 289 g/mol. The zero-order chi connectivity index (χ0) is 14.7. The fourth-order valence-corrected chi connectivity index (χ4v) is 2.91. The first kappa shape index (κ1) is 14.5. The molecule has 0 aromatic carbocycles. The van der Waals surface area contributed by atoms with Crippen molar-refractivity contribution in [3.8, 4) is 0 Å². The summed E-state index contributed by atoms with van der Waals surface area (Å²) < 4.78 is 7.69. The number of nitrogens with zero attached hydrogens (tertiary/aromatic N) is 3. The lowest BCUT2D eigenvalue weighted by atomic mass is 10.1. The van der Waals surface area contributed by atoms with Gasteiger partial charge in [0.1, 0.15) is 5.65 Å². The highest BCUT2D eigenvalue weighted by Gasteiger charge is 2.20. The Morgan fingerprint density at radius 3 is 2.86 bits per heavy atom. The number of aryl methyl sites for hydroxylation is 1. The predicted octanol–water partition coefficient (Wildman–Crippen LogP) is 1.62. The summed E-state index contributed by atoms with van der Waals surface area (Å²) in [5.74, 6) is 0. The van der Waals surface area contributed by atoms with E-state index in [9.17, 15) is 0 Å². The molecule has 0 aliphatic carbocycles. The lowest BCUT2D eigenvalue weighted by molar-refractivity contribution is -0.00916. The van der Waals surface area contributed by atoms with Crippen molar-refractivity contribution >= 4 is 5.65 Å². The Hall–Kier alpha value is -1.43. The molecule has 0 spiro atoms. The summed E-state index contributed by atoms with van der Waals surface area (Å²) in [4.78, 5) is 7.10. The minimum atomic E-state index is 0.112. The van der Waals surface area contributed by atoms with Crippen LogP contribution in [0.1, 0.15) is 24.1 Å². The van der Waals surface area contributed by atoms with Gasteiger partial charge < -0.3 is 14.2 Å². The summed E-state index contributed by atoms with van der Waals surface area (Å²) in [7, 11) is 0. The van der Waals surface area contributed by atoms with Crippen LogP contribution in [-0.4, -0.2) is 51.8 Å². The molecule has 0 bridgehead atoms. The van der Waals surface area contributed by atoms with Gasteiger partial charge in [-0.2, -0.15) is 0 Å². The molecule has 2 aromatic rings. The largest absolute Gasteiger partial charge is 0.394 e. The van der Waals surface area contributed by atoms with Gasteiger partial charge in [0.25, 0.3) is 0 Å². The molecule has 1 fully saturated rings. The summed E-state index contributed by atoms with van der Waals surface area (Å²) in [6.07, 6.45) is 6.60. The van der Waals surface area contributed by atoms with Gasteiger partial charge >= 0.3 is 0 Å². The fraction of sp³-hybridized carbons (Fsp3) is 0.562. The van der Waals surface area contributed by atoms with Crippen LogP contribution < -0.4 is 0 Å². The van der Waals surface area contributed by atoms with Gasteiger partial charge in [0, 0.05) is 32.0 Å². The molecule has 21 heavy (non-hydrogen) atoms. The van der Waals surface area contributed by atoms with Gasteiger partial charge in [-0.15, -0.1) is 0 Å². The average molecular weight is 289 g/mol. The van der Waals surface area contributed by atoms with E-state index in [0.29, 0.717) is 12.7 Å². The summed E-state index contributed by atoms with van der Waals surface area (Å²) in [5, 5.41) is 8.79. The first-order chi connectivity index (χ1) is 10.2. The number of hydrogen-bond donors (Lipinski definition) is 1. The number of imidazole rings is 1. The Morgan fingerprint density at radius 2 is 2.10 bits per heavy atom. The second kappa shape index (κ2) is 6.56. The zero-order valence-corrected chi connectivity index (χ0v) is 12.5. The molecule has 0 radical (unpaired) electrons. The molecule has 1 saturated heterocycles. The number of aliphatic hydroxyl groups is 1. The summed E-state index contributed by atoms with van der Waals surface area (Å²) in [6.45, 7) is 5.62. The number of aromatic nitrogens is 2. The lowest BCUT2D eigenvalue weighted by Gasteiger charge is -2.31. The number of aliphatic hydroxyl groups excluding tert-OH is 1. The van der Waals surface area contributed by atoms with Crippen molar-refractivity contribution in [3.05, 3.63) is 35.8 Å². The van der Waals surface area contributed by atoms with Gasteiger partial charge in [-0.05, 0) is 31.4 Å². The Labute approximate surface area is 125 Å². The van der Waals surface area contributed by atoms with Crippen LogP contribution in [0.4, 0.5) is 0 Å². The van der Waals surface area contributed by atoms with E-state index in [1.807, 2.05) is 0 Å². The van der Waals surface area contributed by atoms with E-state index in [1.54, 1.807) is 0 Å². The van der Waals surface area contributed by atoms with E-state index in [0.717, 1.165) is 43.8 Å². The molecule has 0 unspecified atom stereocenters. The standard InChI is InChI=1S/C16H23N3O2/c1-13-2-3-16-17-14(12-19(16)10-13)11-18-6-4-15(5-7-18)21-9-8-20/h2-3,10,12,15,20H,4-9,11H2,1H3. The highest BCUT2D eigenvalue weighted by Crippen LogP contribution is 2.16. The lowest BCUT2D eigenvalue weighted by Crippen LogP contribution is -2.37. The molecule has 1 aliphatic heterocycles. The molecule has 2 aromatic heterocycles. The number of fused-ring (bicyclic) bond motifs is 1. The Bertz CT molecular complexity index is 588. The molecule has 3 rings (SSSR count). The van der Waals surface area contributed by atoms with Crippen LogP contribution in [0.15, 0.2) is 24.5 Å². The van der Waals surface area contributed by atoms with Gasteiger partial charge in [-0.3, -0.25) is 4.90 Å². The van der Waals surface area contributed by atoms with Crippen molar-refractivity contribution in [1.29, 1.82) is 0 Å². The zero-order valence-electron chi connectivity index (χ0n) is 12.5. The van der Waals surface area contributed by atoms with E-state index in [2.05, 4.69) is 45.7 Å². The Balaban J connectivity index is 1.56. The predicted molar refractivity (Wildman–Crippen MR) is 81.3 cm³/mol. The topological polar surface area (TPSA) is 50.0 Å². The van der Waals surface area contributed by atoms with Crippen molar-refractivity contribution in [1.82, 2.24) is 14.3 Å². The van der Waals surface area contributed by atoms with E-state index >= 15 is 0 Å². The van der Waals surface area contributed by atoms with Crippen LogP contribution in [0.25, 0.3) is 5.65 Å². The minimum absolute atomic E-state index is 0.112. The minimum Gasteiger partial charge on any atom is -0.394 e. The van der Waals surface area contributed by atoms with Crippen LogP contribution in [-0.2, 0) is 11.3 Å². The van der Waals surface area contributed by atoms with E-state index in [1.165, 1.54) is 5.56 Å². The highest BCUT2D eigenvalue weighted by molar-refractivity contribution is 5.41. The Morgan fingerprint density at radius 1 is 1.29 bits per heavy atom. The summed E-state index contributed by atoms with van der Waals surface area (Å²) in [6, 6.07) is 4.16. The van der Waals surface area contributed by atoms with E-state index in [-0.39, 0.29) is 6.61 Å². The van der Waals surface area contributed by atoms with Crippen molar-refractivity contribution in [2.45, 2.75) is 32.4 Å². The summed E-state index contributed by atoms with van der Waals surface area (Å²) in [5.41, 5.74) is 3.38. The smallest absolute Gasteiger partial charge is 0.137 e. The second-order valence-electron chi connectivity index (χ2n) is 5.77. The number of likely N-dealkylation sites (tertiary alicyclic amines) is 1. The van der Waals surface area contributed by atoms with Crippen LogP contribution in [0, 0.1) is 6.92 Å². The Kier molecular flexibility index (Phi) is 4.53. The molecule has 1 N–H and O–H groups in total. The van der Waals surface area contributed by atoms with Gasteiger partial charge in [0.05, 0.1) is 25.0 Å². The molecule has 114 valence electrons. The maximum absolute atomic E-state index is 8.79. The van der Waals surface area contributed by atoms with E-state index in [4.69, 9.17) is 9.84 Å². The first-order valence-corrected chi connectivity index (χ1v) is 7.63. The molecular weight excluding hydrogens is 266 g/mol. The summed E-state index contributed by atoms with van der Waals surface area (Å²) >= 11 is 0. The van der Waals surface area contributed by atoms with Gasteiger partial charge in [0.2, 0.25) is 0 Å². The van der Waals surface area contributed by atoms with E-state index < -0.39 is 0 Å². The first-order valence-electron chi connectivity index (χ1n) is 7.63. The maximum atomic E-state index is 8.79. The van der Waals surface area contributed by atoms with Crippen LogP contribution in [0.5, 0.6) is 0 Å². The molecule has 5 nitrogen and oxygen atoms in total. The molecular formula is C16H23N3O2. The third-order valence-corrected chi connectivity index (χ3v) is 4.01. The van der Waals surface area contributed by atoms with Gasteiger partial charge in [-0.25, -0.2) is 4.98 Å². The SMILES string of the molecule is Cc1ccc2nc(CN3CCC(OCCO)CC3)cn2c1. The molecule has 1 aliphatic rings. The number of rotatable bonds is 5. The van der Waals surface area contributed by atoms with Gasteiger partial charge in [0.15, 0.2) is 0 Å². The highest BCUT2D eigenvalue weighted by atomic mass is 16.5. The van der Waals surface area contributed by atoms with Gasteiger partial charge in [-0.1, -0.05) is 6.07 Å². The number of hydrogen-bond acceptors (Lipinski definition) is 4. The number of piperidine rings is 1. The van der Waals surface area contributed by atoms with Crippen LogP contribution in [0.3, 0.4) is 0 Å². The average Bonchev–Trinajstić information content (AvgIpc) is 2.88. The molecule has 0 atom stereocenters. The third kappa shape index (κ3) is 3.61. The van der Waals surface area contributed by atoms with Crippen molar-refractivity contribution < 1.29 is 9.84 Å². The third-order valence-electron chi connectivity index (χ3n) is 4.01.